The van der Waals surface area contributed by atoms with Gasteiger partial charge in [-0.3, -0.25) is 9.59 Å². The normalized spacial score (nSPS) is 14.5. The first-order valence-electron chi connectivity index (χ1n) is 5.99. The second-order valence-electron chi connectivity index (χ2n) is 4.29. The largest absolute Gasteiger partial charge is 0.494 e. The van der Waals surface area contributed by atoms with E-state index < -0.39 is 5.97 Å². The summed E-state index contributed by atoms with van der Waals surface area (Å²) < 4.78 is 10.3. The van der Waals surface area contributed by atoms with E-state index >= 15 is 0 Å². The van der Waals surface area contributed by atoms with Crippen molar-refractivity contribution < 1.29 is 24.2 Å². The van der Waals surface area contributed by atoms with Gasteiger partial charge in [0.05, 0.1) is 0 Å². The molecule has 0 bridgehead atoms. The highest BCUT2D eigenvalue weighted by atomic mass is 16.6. The van der Waals surface area contributed by atoms with Gasteiger partial charge in [0, 0.05) is 19.0 Å². The fraction of sp³-hybridized carbons (Fsp3) is 0.667. The van der Waals surface area contributed by atoms with Crippen molar-refractivity contribution in [2.45, 2.75) is 32.7 Å². The fourth-order valence-corrected chi connectivity index (χ4v) is 1.62. The van der Waals surface area contributed by atoms with Crippen LogP contribution in [-0.4, -0.2) is 47.7 Å². The summed E-state index contributed by atoms with van der Waals surface area (Å²) in [5.41, 5.74) is 0. The van der Waals surface area contributed by atoms with Crippen LogP contribution in [0.2, 0.25) is 0 Å². The number of carboxylic acid groups (broad SMARTS) is 1. The highest BCUT2D eigenvalue weighted by Crippen LogP contribution is 2.12. The Balaban J connectivity index is 2.57. The van der Waals surface area contributed by atoms with Gasteiger partial charge in [0.1, 0.15) is 19.5 Å². The maximum Gasteiger partial charge on any atom is 0.303 e. The third-order valence-electron chi connectivity index (χ3n) is 2.53. The summed E-state index contributed by atoms with van der Waals surface area (Å²) in [5.74, 6) is -0.928. The summed E-state index contributed by atoms with van der Waals surface area (Å²) in [6.07, 6.45) is 1.79. The third kappa shape index (κ3) is 4.27. The highest BCUT2D eigenvalue weighted by molar-refractivity contribution is 5.91. The van der Waals surface area contributed by atoms with Crippen molar-refractivity contribution in [3.8, 4) is 0 Å². The molecule has 1 rings (SSSR count). The number of amides is 1. The molecule has 0 unspecified atom stereocenters. The lowest BCUT2D eigenvalue weighted by Gasteiger charge is -2.28. The Labute approximate surface area is 106 Å². The zero-order valence-corrected chi connectivity index (χ0v) is 10.7. The molecule has 1 aliphatic rings. The van der Waals surface area contributed by atoms with Crippen molar-refractivity contribution in [2.75, 3.05) is 19.8 Å². The molecule has 1 heterocycles. The summed E-state index contributed by atoms with van der Waals surface area (Å²) in [5, 5.41) is 8.59. The predicted molar refractivity (Wildman–Crippen MR) is 63.7 cm³/mol. The molecule has 0 saturated heterocycles. The van der Waals surface area contributed by atoms with E-state index in [-0.39, 0.29) is 24.1 Å². The van der Waals surface area contributed by atoms with Crippen LogP contribution in [0.4, 0.5) is 0 Å². The van der Waals surface area contributed by atoms with Gasteiger partial charge in [0.2, 0.25) is 5.76 Å². The minimum atomic E-state index is -0.859. The van der Waals surface area contributed by atoms with Crippen LogP contribution in [0.1, 0.15) is 26.7 Å². The van der Waals surface area contributed by atoms with E-state index in [9.17, 15) is 9.59 Å². The average Bonchev–Trinajstić information content (AvgIpc) is 2.34. The standard InChI is InChI=1S/C12H19NO5/c1-9(2)13(5-3-4-11(14)15)12(16)10-8-17-6-7-18-10/h8-9H,3-7H2,1-2H3,(H,14,15). The first kappa shape index (κ1) is 14.3. The smallest absolute Gasteiger partial charge is 0.303 e. The highest BCUT2D eigenvalue weighted by Gasteiger charge is 2.24. The second-order valence-corrected chi connectivity index (χ2v) is 4.29. The van der Waals surface area contributed by atoms with Crippen LogP contribution in [0.25, 0.3) is 0 Å². The zero-order valence-electron chi connectivity index (χ0n) is 10.7. The summed E-state index contributed by atoms with van der Waals surface area (Å²) in [4.78, 5) is 24.2. The minimum absolute atomic E-state index is 0.0160. The predicted octanol–water partition coefficient (Wildman–Crippen LogP) is 0.976. The van der Waals surface area contributed by atoms with Crippen molar-refractivity contribution in [1.82, 2.24) is 4.90 Å². The summed E-state index contributed by atoms with van der Waals surface area (Å²) >= 11 is 0. The molecule has 0 spiro atoms. The molecule has 18 heavy (non-hydrogen) atoms. The first-order valence-corrected chi connectivity index (χ1v) is 5.99. The average molecular weight is 257 g/mol. The number of hydrogen-bond acceptors (Lipinski definition) is 4. The molecule has 6 heteroatoms. The SMILES string of the molecule is CC(C)N(CCCC(=O)O)C(=O)C1=COCCO1. The summed E-state index contributed by atoms with van der Waals surface area (Å²) in [6.45, 7) is 4.95. The monoisotopic (exact) mass is 257 g/mol. The van der Waals surface area contributed by atoms with Crippen molar-refractivity contribution in [1.29, 1.82) is 0 Å². The second kappa shape index (κ2) is 6.88. The van der Waals surface area contributed by atoms with Crippen LogP contribution in [-0.2, 0) is 19.1 Å². The van der Waals surface area contributed by atoms with Crippen LogP contribution >= 0.6 is 0 Å². The Morgan fingerprint density at radius 3 is 2.67 bits per heavy atom. The molecule has 0 saturated carbocycles. The molecular weight excluding hydrogens is 238 g/mol. The zero-order chi connectivity index (χ0) is 13.5. The topological polar surface area (TPSA) is 76.1 Å². The number of nitrogens with zero attached hydrogens (tertiary/aromatic N) is 1. The number of ether oxygens (including phenoxy) is 2. The van der Waals surface area contributed by atoms with Crippen LogP contribution in [0.15, 0.2) is 12.0 Å². The summed E-state index contributed by atoms with van der Waals surface area (Å²) in [7, 11) is 0. The van der Waals surface area contributed by atoms with Gasteiger partial charge in [-0.2, -0.15) is 0 Å². The number of carbonyl (C=O) groups excluding carboxylic acids is 1. The van der Waals surface area contributed by atoms with Crippen molar-refractivity contribution in [2.24, 2.45) is 0 Å². The van der Waals surface area contributed by atoms with Crippen LogP contribution < -0.4 is 0 Å². The molecule has 6 nitrogen and oxygen atoms in total. The number of carbonyl (C=O) groups is 2. The fourth-order valence-electron chi connectivity index (χ4n) is 1.62. The molecule has 0 aromatic carbocycles. The van der Waals surface area contributed by atoms with Gasteiger partial charge in [0.15, 0.2) is 0 Å². The lowest BCUT2D eigenvalue weighted by Crippen LogP contribution is -2.40. The quantitative estimate of drug-likeness (QED) is 0.767. The lowest BCUT2D eigenvalue weighted by atomic mass is 10.2. The van der Waals surface area contributed by atoms with Gasteiger partial charge in [-0.1, -0.05) is 0 Å². The maximum atomic E-state index is 12.1. The molecule has 1 N–H and O–H groups in total. The molecule has 0 atom stereocenters. The first-order chi connectivity index (χ1) is 8.52. The van der Waals surface area contributed by atoms with Gasteiger partial charge in [-0.15, -0.1) is 0 Å². The Hall–Kier alpha value is -1.72. The molecule has 0 aromatic heterocycles. The van der Waals surface area contributed by atoms with Crippen LogP contribution in [0, 0.1) is 0 Å². The number of carboxylic acids is 1. The molecule has 1 amide bonds. The van der Waals surface area contributed by atoms with E-state index in [4.69, 9.17) is 14.6 Å². The van der Waals surface area contributed by atoms with Gasteiger partial charge >= 0.3 is 5.97 Å². The van der Waals surface area contributed by atoms with Gasteiger partial charge < -0.3 is 19.5 Å². The van der Waals surface area contributed by atoms with E-state index in [1.807, 2.05) is 13.8 Å². The van der Waals surface area contributed by atoms with E-state index in [1.165, 1.54) is 6.26 Å². The molecule has 0 aromatic rings. The van der Waals surface area contributed by atoms with Crippen LogP contribution in [0.5, 0.6) is 0 Å². The third-order valence-corrected chi connectivity index (χ3v) is 2.53. The number of aliphatic carboxylic acids is 1. The number of rotatable bonds is 6. The van der Waals surface area contributed by atoms with Gasteiger partial charge in [-0.05, 0) is 20.3 Å². The lowest BCUT2D eigenvalue weighted by molar-refractivity contribution is -0.138. The van der Waals surface area contributed by atoms with Crippen LogP contribution in [0.3, 0.4) is 0 Å². The summed E-state index contributed by atoms with van der Waals surface area (Å²) in [6, 6.07) is -0.0160. The molecule has 1 aliphatic heterocycles. The Bertz CT molecular complexity index is 337. The van der Waals surface area contributed by atoms with Crippen molar-refractivity contribution in [3.63, 3.8) is 0 Å². The molecule has 0 radical (unpaired) electrons. The Morgan fingerprint density at radius 2 is 2.17 bits per heavy atom. The van der Waals surface area contributed by atoms with E-state index in [2.05, 4.69) is 0 Å². The molecule has 102 valence electrons. The Kier molecular flexibility index (Phi) is 5.48. The van der Waals surface area contributed by atoms with Gasteiger partial charge in [0.25, 0.3) is 5.91 Å². The maximum absolute atomic E-state index is 12.1. The van der Waals surface area contributed by atoms with Crippen molar-refractivity contribution in [3.05, 3.63) is 12.0 Å². The minimum Gasteiger partial charge on any atom is -0.494 e. The molecule has 0 fully saturated rings. The Morgan fingerprint density at radius 1 is 1.44 bits per heavy atom. The van der Waals surface area contributed by atoms with Gasteiger partial charge in [-0.25, -0.2) is 0 Å². The van der Waals surface area contributed by atoms with E-state index in [0.717, 1.165) is 0 Å². The number of hydrogen-bond donors (Lipinski definition) is 1. The molecular formula is C12H19NO5. The molecule has 0 aliphatic carbocycles. The van der Waals surface area contributed by atoms with E-state index in [1.54, 1.807) is 4.90 Å². The van der Waals surface area contributed by atoms with E-state index in [0.29, 0.717) is 26.2 Å². The van der Waals surface area contributed by atoms with Crippen molar-refractivity contribution >= 4 is 11.9 Å².